The molecular formula is C22H24N2O4S. The largest absolute Gasteiger partial charge is 0.326 e. The van der Waals surface area contributed by atoms with Crippen molar-refractivity contribution in [2.75, 3.05) is 22.5 Å². The Morgan fingerprint density at radius 2 is 1.83 bits per heavy atom. The monoisotopic (exact) mass is 412 g/mol. The summed E-state index contributed by atoms with van der Waals surface area (Å²) in [5.41, 5.74) is 5.47. The first kappa shape index (κ1) is 19.6. The Balaban J connectivity index is 1.49. The second-order valence-electron chi connectivity index (χ2n) is 7.75. The lowest BCUT2D eigenvalue weighted by Gasteiger charge is -2.25. The highest BCUT2D eigenvalue weighted by molar-refractivity contribution is 7.91. The third-order valence-electron chi connectivity index (χ3n) is 5.86. The van der Waals surface area contributed by atoms with Crippen LogP contribution in [0, 0.1) is 13.8 Å². The molecule has 0 saturated carbocycles. The molecule has 6 nitrogen and oxygen atoms in total. The number of anilines is 2. The van der Waals surface area contributed by atoms with Gasteiger partial charge in [0.2, 0.25) is 11.8 Å². The molecule has 2 aliphatic heterocycles. The summed E-state index contributed by atoms with van der Waals surface area (Å²) in [5.74, 6) is -0.457. The second-order valence-corrected chi connectivity index (χ2v) is 9.86. The van der Waals surface area contributed by atoms with E-state index in [-0.39, 0.29) is 28.9 Å². The predicted octanol–water partition coefficient (Wildman–Crippen LogP) is 2.94. The Kier molecular flexibility index (Phi) is 4.94. The molecule has 2 aromatic rings. The van der Waals surface area contributed by atoms with Crippen molar-refractivity contribution >= 4 is 33.0 Å². The molecule has 0 bridgehead atoms. The van der Waals surface area contributed by atoms with Crippen LogP contribution in [0.5, 0.6) is 0 Å². The number of carbonyl (C=O) groups is 2. The number of carbonyl (C=O) groups excluding carboxylic acids is 2. The van der Waals surface area contributed by atoms with E-state index in [4.69, 9.17) is 0 Å². The van der Waals surface area contributed by atoms with Gasteiger partial charge in [-0.2, -0.15) is 0 Å². The molecule has 0 spiro atoms. The predicted molar refractivity (Wildman–Crippen MR) is 112 cm³/mol. The molecule has 2 heterocycles. The van der Waals surface area contributed by atoms with Crippen LogP contribution in [0.25, 0.3) is 0 Å². The maximum Gasteiger partial charge on any atom is 0.227 e. The van der Waals surface area contributed by atoms with Gasteiger partial charge < -0.3 is 10.2 Å². The topological polar surface area (TPSA) is 83.6 Å². The van der Waals surface area contributed by atoms with Crippen LogP contribution in [0.2, 0.25) is 0 Å². The number of hydrogen-bond donors (Lipinski definition) is 1. The van der Waals surface area contributed by atoms with Crippen LogP contribution in [0.4, 0.5) is 11.4 Å². The molecule has 0 radical (unpaired) electrons. The van der Waals surface area contributed by atoms with Gasteiger partial charge in [0.25, 0.3) is 0 Å². The fourth-order valence-corrected chi connectivity index (χ4v) is 5.38. The van der Waals surface area contributed by atoms with E-state index in [2.05, 4.69) is 5.32 Å². The number of amides is 2. The first-order valence-electron chi connectivity index (χ1n) is 9.81. The molecule has 0 fully saturated rings. The molecule has 152 valence electrons. The zero-order valence-electron chi connectivity index (χ0n) is 16.6. The molecule has 29 heavy (non-hydrogen) atoms. The van der Waals surface area contributed by atoms with Gasteiger partial charge in [-0.1, -0.05) is 12.1 Å². The first-order chi connectivity index (χ1) is 13.8. The fourth-order valence-electron chi connectivity index (χ4n) is 4.05. The van der Waals surface area contributed by atoms with Gasteiger partial charge in [-0.05, 0) is 67.1 Å². The van der Waals surface area contributed by atoms with Gasteiger partial charge >= 0.3 is 0 Å². The molecule has 0 unspecified atom stereocenters. The van der Waals surface area contributed by atoms with Crippen LogP contribution in [-0.2, 0) is 32.3 Å². The lowest BCUT2D eigenvalue weighted by Crippen LogP contribution is -2.32. The molecule has 2 amide bonds. The molecule has 2 aliphatic rings. The summed E-state index contributed by atoms with van der Waals surface area (Å²) in [6, 6.07) is 8.99. The van der Waals surface area contributed by atoms with E-state index in [1.807, 2.05) is 32.0 Å². The van der Waals surface area contributed by atoms with Gasteiger partial charge in [0, 0.05) is 25.1 Å². The molecule has 0 aromatic heterocycles. The van der Waals surface area contributed by atoms with Crippen molar-refractivity contribution in [2.24, 2.45) is 0 Å². The lowest BCUT2D eigenvalue weighted by atomic mass is 10.00. The van der Waals surface area contributed by atoms with E-state index in [1.165, 1.54) is 0 Å². The van der Waals surface area contributed by atoms with Crippen molar-refractivity contribution in [1.29, 1.82) is 0 Å². The molecule has 0 aliphatic carbocycles. The Morgan fingerprint density at radius 1 is 1.10 bits per heavy atom. The molecule has 0 atom stereocenters. The van der Waals surface area contributed by atoms with Crippen molar-refractivity contribution in [1.82, 2.24) is 0 Å². The van der Waals surface area contributed by atoms with Crippen LogP contribution in [0.15, 0.2) is 35.2 Å². The Labute approximate surface area is 170 Å². The van der Waals surface area contributed by atoms with Gasteiger partial charge in [-0.25, -0.2) is 8.42 Å². The van der Waals surface area contributed by atoms with Gasteiger partial charge in [0.1, 0.15) is 0 Å². The normalized spacial score (nSPS) is 15.4. The number of nitrogens with zero attached hydrogens (tertiary/aromatic N) is 1. The van der Waals surface area contributed by atoms with Crippen LogP contribution in [0.3, 0.4) is 0 Å². The maximum atomic E-state index is 12.9. The maximum absolute atomic E-state index is 12.9. The summed E-state index contributed by atoms with van der Waals surface area (Å²) >= 11 is 0. The van der Waals surface area contributed by atoms with E-state index < -0.39 is 9.84 Å². The van der Waals surface area contributed by atoms with Crippen LogP contribution in [0.1, 0.15) is 35.1 Å². The minimum Gasteiger partial charge on any atom is -0.326 e. The SMILES string of the molecule is Cc1cccc(NC(=O)CCS(=O)(=O)c2cc3c4c(c2)CCN4C(=O)CC3)c1C. The highest BCUT2D eigenvalue weighted by Crippen LogP contribution is 2.38. The smallest absolute Gasteiger partial charge is 0.227 e. The number of sulfone groups is 1. The van der Waals surface area contributed by atoms with E-state index in [1.54, 1.807) is 17.0 Å². The Bertz CT molecular complexity index is 1120. The standard InChI is InChI=1S/C22H24N2O4S/c1-14-4-3-5-19(15(14)2)23-20(25)9-11-29(27,28)18-12-16-6-7-21(26)24-10-8-17(13-18)22(16)24/h3-5,12-13H,6-11H2,1-2H3,(H,23,25). The Hall–Kier alpha value is -2.67. The highest BCUT2D eigenvalue weighted by atomic mass is 32.2. The number of hydrogen-bond acceptors (Lipinski definition) is 4. The van der Waals surface area contributed by atoms with Crippen molar-refractivity contribution in [3.63, 3.8) is 0 Å². The number of benzene rings is 2. The number of rotatable bonds is 5. The van der Waals surface area contributed by atoms with Crippen molar-refractivity contribution in [3.05, 3.63) is 52.6 Å². The fraction of sp³-hybridized carbons (Fsp3) is 0.364. The van der Waals surface area contributed by atoms with Crippen molar-refractivity contribution < 1.29 is 18.0 Å². The minimum absolute atomic E-state index is 0.104. The summed E-state index contributed by atoms with van der Waals surface area (Å²) < 4.78 is 25.8. The van der Waals surface area contributed by atoms with Gasteiger partial charge in [0.15, 0.2) is 9.84 Å². The van der Waals surface area contributed by atoms with E-state index >= 15 is 0 Å². The molecule has 7 heteroatoms. The summed E-state index contributed by atoms with van der Waals surface area (Å²) in [5, 5.41) is 2.81. The third kappa shape index (κ3) is 3.67. The van der Waals surface area contributed by atoms with Gasteiger partial charge in [-0.3, -0.25) is 9.59 Å². The zero-order chi connectivity index (χ0) is 20.8. The Morgan fingerprint density at radius 3 is 2.59 bits per heavy atom. The molecule has 4 rings (SSSR count). The number of aryl methyl sites for hydroxylation is 2. The van der Waals surface area contributed by atoms with Crippen LogP contribution in [-0.4, -0.2) is 32.5 Å². The summed E-state index contributed by atoms with van der Waals surface area (Å²) in [6.07, 6.45) is 1.54. The second kappa shape index (κ2) is 7.30. The van der Waals surface area contributed by atoms with Gasteiger partial charge in [-0.15, -0.1) is 0 Å². The van der Waals surface area contributed by atoms with E-state index in [0.717, 1.165) is 27.9 Å². The quantitative estimate of drug-likeness (QED) is 0.818. The molecule has 1 N–H and O–H groups in total. The molecular weight excluding hydrogens is 388 g/mol. The van der Waals surface area contributed by atoms with Crippen molar-refractivity contribution in [3.8, 4) is 0 Å². The molecule has 0 saturated heterocycles. The van der Waals surface area contributed by atoms with Crippen molar-refractivity contribution in [2.45, 2.75) is 44.4 Å². The third-order valence-corrected chi connectivity index (χ3v) is 7.56. The summed E-state index contributed by atoms with van der Waals surface area (Å²) in [7, 11) is -3.59. The van der Waals surface area contributed by atoms with E-state index in [9.17, 15) is 18.0 Å². The minimum atomic E-state index is -3.59. The summed E-state index contributed by atoms with van der Waals surface area (Å²) in [4.78, 5) is 26.4. The lowest BCUT2D eigenvalue weighted by molar-refractivity contribution is -0.119. The van der Waals surface area contributed by atoms with E-state index in [0.29, 0.717) is 31.5 Å². The number of nitrogens with one attached hydrogen (secondary N) is 1. The van der Waals surface area contributed by atoms with Crippen LogP contribution < -0.4 is 10.2 Å². The molecule has 2 aromatic carbocycles. The first-order valence-corrected chi connectivity index (χ1v) is 11.5. The summed E-state index contributed by atoms with van der Waals surface area (Å²) in [6.45, 7) is 4.50. The highest BCUT2D eigenvalue weighted by Gasteiger charge is 2.33. The average molecular weight is 413 g/mol. The average Bonchev–Trinajstić information content (AvgIpc) is 3.12. The van der Waals surface area contributed by atoms with Gasteiger partial charge in [0.05, 0.1) is 16.3 Å². The van der Waals surface area contributed by atoms with Crippen LogP contribution >= 0.6 is 0 Å². The zero-order valence-corrected chi connectivity index (χ0v) is 17.4.